The smallest absolute Gasteiger partial charge is 0.254 e. The summed E-state index contributed by atoms with van der Waals surface area (Å²) >= 11 is 5.80. The summed E-state index contributed by atoms with van der Waals surface area (Å²) in [5, 5.41) is 2.95. The number of carbonyl (C=O) groups is 1. The van der Waals surface area contributed by atoms with Crippen molar-refractivity contribution in [2.75, 3.05) is 0 Å². The van der Waals surface area contributed by atoms with Crippen molar-refractivity contribution in [1.29, 1.82) is 0 Å². The maximum atomic E-state index is 13.1. The Hall–Kier alpha value is -1.16. The van der Waals surface area contributed by atoms with Crippen LogP contribution in [-0.4, -0.2) is 16.9 Å². The number of halogens is 2. The Morgan fingerprint density at radius 1 is 1.50 bits per heavy atom. The highest BCUT2D eigenvalue weighted by Crippen LogP contribution is 2.31. The summed E-state index contributed by atoms with van der Waals surface area (Å²) in [6.07, 6.45) is 3.05. The summed E-state index contributed by atoms with van der Waals surface area (Å²) < 4.78 is 13.1. The molecule has 0 saturated heterocycles. The van der Waals surface area contributed by atoms with E-state index in [-0.39, 0.29) is 22.7 Å². The summed E-state index contributed by atoms with van der Waals surface area (Å²) in [6, 6.07) is 1.25. The Morgan fingerprint density at radius 2 is 2.22 bits per heavy atom. The molecule has 1 fully saturated rings. The van der Waals surface area contributed by atoms with Gasteiger partial charge in [0.2, 0.25) is 0 Å². The molecule has 1 aromatic heterocycles. The monoisotopic (exact) mass is 270 g/mol. The number of carbonyl (C=O) groups excluding carboxylic acids is 1. The molecule has 2 rings (SSSR count). The first-order valence-corrected chi connectivity index (χ1v) is 6.48. The molecule has 1 amide bonds. The zero-order valence-corrected chi connectivity index (χ0v) is 11.2. The number of nitrogens with zero attached hydrogens (tertiary/aromatic N) is 1. The third-order valence-corrected chi connectivity index (χ3v) is 4.13. The van der Waals surface area contributed by atoms with Gasteiger partial charge in [0, 0.05) is 6.04 Å². The van der Waals surface area contributed by atoms with Crippen LogP contribution in [0, 0.1) is 17.7 Å². The van der Waals surface area contributed by atoms with E-state index in [4.69, 9.17) is 11.6 Å². The Labute approximate surface area is 111 Å². The van der Waals surface area contributed by atoms with E-state index in [1.807, 2.05) is 0 Å². The summed E-state index contributed by atoms with van der Waals surface area (Å²) in [6.45, 7) is 4.29. The number of aromatic nitrogens is 1. The zero-order valence-electron chi connectivity index (χ0n) is 10.4. The zero-order chi connectivity index (χ0) is 13.3. The lowest BCUT2D eigenvalue weighted by molar-refractivity contribution is 0.0926. The van der Waals surface area contributed by atoms with Crippen LogP contribution in [-0.2, 0) is 0 Å². The molecule has 1 N–H and O–H groups in total. The van der Waals surface area contributed by atoms with Crippen molar-refractivity contribution in [3.63, 3.8) is 0 Å². The molecule has 18 heavy (non-hydrogen) atoms. The summed E-state index contributed by atoms with van der Waals surface area (Å²) in [4.78, 5) is 15.7. The van der Waals surface area contributed by atoms with Gasteiger partial charge < -0.3 is 5.32 Å². The van der Waals surface area contributed by atoms with Gasteiger partial charge >= 0.3 is 0 Å². The van der Waals surface area contributed by atoms with Crippen molar-refractivity contribution in [2.24, 2.45) is 11.8 Å². The van der Waals surface area contributed by atoms with E-state index in [1.165, 1.54) is 0 Å². The predicted molar refractivity (Wildman–Crippen MR) is 68.0 cm³/mol. The van der Waals surface area contributed by atoms with E-state index in [0.717, 1.165) is 25.1 Å². The molecule has 1 aliphatic carbocycles. The number of hydrogen-bond acceptors (Lipinski definition) is 2. The molecule has 0 radical (unpaired) electrons. The molecule has 0 spiro atoms. The number of hydrogen-bond donors (Lipinski definition) is 1. The number of rotatable bonds is 2. The highest BCUT2D eigenvalue weighted by molar-refractivity contribution is 6.32. The van der Waals surface area contributed by atoms with Crippen LogP contribution < -0.4 is 5.32 Å². The molecular formula is C13H16ClFN2O. The standard InChI is InChI=1S/C13H16ClFN2O/c1-7-3-4-11(8(7)2)17-13(18)10-5-9(15)6-16-12(10)14/h5-8,11H,3-4H2,1-2H3,(H,17,18). The van der Waals surface area contributed by atoms with Crippen molar-refractivity contribution >= 4 is 17.5 Å². The first-order chi connectivity index (χ1) is 8.49. The Balaban J connectivity index is 2.10. The predicted octanol–water partition coefficient (Wildman–Crippen LogP) is 3.04. The quantitative estimate of drug-likeness (QED) is 0.840. The number of amides is 1. The van der Waals surface area contributed by atoms with Crippen molar-refractivity contribution in [3.05, 3.63) is 28.8 Å². The molecule has 1 heterocycles. The van der Waals surface area contributed by atoms with Crippen LogP contribution in [0.1, 0.15) is 37.0 Å². The van der Waals surface area contributed by atoms with Gasteiger partial charge in [-0.3, -0.25) is 4.79 Å². The van der Waals surface area contributed by atoms with E-state index < -0.39 is 5.82 Å². The molecule has 3 atom stereocenters. The summed E-state index contributed by atoms with van der Waals surface area (Å²) in [5.74, 6) is 0.112. The van der Waals surface area contributed by atoms with Gasteiger partial charge in [-0.25, -0.2) is 9.37 Å². The van der Waals surface area contributed by atoms with Gasteiger partial charge in [-0.1, -0.05) is 25.4 Å². The van der Waals surface area contributed by atoms with Gasteiger partial charge in [0.1, 0.15) is 11.0 Å². The normalized spacial score (nSPS) is 27.2. The first kappa shape index (κ1) is 13.3. The van der Waals surface area contributed by atoms with Gasteiger partial charge in [0.15, 0.2) is 0 Å². The molecule has 3 nitrogen and oxygen atoms in total. The van der Waals surface area contributed by atoms with Crippen LogP contribution in [0.4, 0.5) is 4.39 Å². The second-order valence-electron chi connectivity index (χ2n) is 4.99. The SMILES string of the molecule is CC1CCC(NC(=O)c2cc(F)cnc2Cl)C1C. The minimum absolute atomic E-state index is 0.0348. The highest BCUT2D eigenvalue weighted by atomic mass is 35.5. The fourth-order valence-electron chi connectivity index (χ4n) is 2.40. The van der Waals surface area contributed by atoms with Gasteiger partial charge in [-0.2, -0.15) is 0 Å². The second kappa shape index (κ2) is 5.22. The van der Waals surface area contributed by atoms with Crippen LogP contribution in [0.3, 0.4) is 0 Å². The molecule has 0 aliphatic heterocycles. The van der Waals surface area contributed by atoms with Gasteiger partial charge in [0.25, 0.3) is 5.91 Å². The van der Waals surface area contributed by atoms with E-state index in [0.29, 0.717) is 11.8 Å². The first-order valence-electron chi connectivity index (χ1n) is 6.11. The summed E-state index contributed by atoms with van der Waals surface area (Å²) in [5.41, 5.74) is 0.100. The molecule has 1 aromatic rings. The molecule has 5 heteroatoms. The van der Waals surface area contributed by atoms with Crippen LogP contribution in [0.5, 0.6) is 0 Å². The van der Waals surface area contributed by atoms with Gasteiger partial charge in [-0.05, 0) is 30.7 Å². The van der Waals surface area contributed by atoms with Crippen LogP contribution in [0.25, 0.3) is 0 Å². The fraction of sp³-hybridized carbons (Fsp3) is 0.538. The number of pyridine rings is 1. The van der Waals surface area contributed by atoms with E-state index in [9.17, 15) is 9.18 Å². The Morgan fingerprint density at radius 3 is 2.83 bits per heavy atom. The van der Waals surface area contributed by atoms with Crippen molar-refractivity contribution in [3.8, 4) is 0 Å². The van der Waals surface area contributed by atoms with Crippen molar-refractivity contribution in [2.45, 2.75) is 32.7 Å². The minimum Gasteiger partial charge on any atom is -0.349 e. The van der Waals surface area contributed by atoms with Crippen LogP contribution in [0.2, 0.25) is 5.15 Å². The molecule has 3 unspecified atom stereocenters. The third kappa shape index (κ3) is 2.64. The third-order valence-electron chi connectivity index (χ3n) is 3.83. The molecular weight excluding hydrogens is 255 g/mol. The summed E-state index contributed by atoms with van der Waals surface area (Å²) in [7, 11) is 0. The lowest BCUT2D eigenvalue weighted by Crippen LogP contribution is -2.37. The Kier molecular flexibility index (Phi) is 3.85. The van der Waals surface area contributed by atoms with E-state index >= 15 is 0 Å². The molecule has 1 aliphatic rings. The maximum Gasteiger partial charge on any atom is 0.254 e. The van der Waals surface area contributed by atoms with E-state index in [1.54, 1.807) is 0 Å². The van der Waals surface area contributed by atoms with Crippen molar-refractivity contribution in [1.82, 2.24) is 10.3 Å². The second-order valence-corrected chi connectivity index (χ2v) is 5.34. The minimum atomic E-state index is -0.558. The topological polar surface area (TPSA) is 42.0 Å². The molecule has 1 saturated carbocycles. The average molecular weight is 271 g/mol. The molecule has 0 bridgehead atoms. The maximum absolute atomic E-state index is 13.1. The van der Waals surface area contributed by atoms with Gasteiger partial charge in [0.05, 0.1) is 11.8 Å². The lowest BCUT2D eigenvalue weighted by atomic mass is 9.97. The number of nitrogens with one attached hydrogen (secondary N) is 1. The fourth-order valence-corrected chi connectivity index (χ4v) is 2.59. The van der Waals surface area contributed by atoms with Gasteiger partial charge in [-0.15, -0.1) is 0 Å². The van der Waals surface area contributed by atoms with Crippen molar-refractivity contribution < 1.29 is 9.18 Å². The lowest BCUT2D eigenvalue weighted by Gasteiger charge is -2.19. The Bertz CT molecular complexity index is 466. The highest BCUT2D eigenvalue weighted by Gasteiger charge is 2.31. The largest absolute Gasteiger partial charge is 0.349 e. The van der Waals surface area contributed by atoms with Crippen LogP contribution in [0.15, 0.2) is 12.3 Å². The van der Waals surface area contributed by atoms with E-state index in [2.05, 4.69) is 24.1 Å². The van der Waals surface area contributed by atoms with Crippen LogP contribution >= 0.6 is 11.6 Å². The molecule has 0 aromatic carbocycles. The molecule has 98 valence electrons. The average Bonchev–Trinajstić information content (AvgIpc) is 2.64.